The Morgan fingerprint density at radius 1 is 1.40 bits per heavy atom. The molecular formula is C13H15NO. The van der Waals surface area contributed by atoms with Crippen LogP contribution in [-0.4, -0.2) is 10.4 Å². The number of fused-ring (bicyclic) bond motifs is 1. The second-order valence-electron chi connectivity index (χ2n) is 4.12. The molecule has 0 bridgehead atoms. The molecule has 0 saturated heterocycles. The molecule has 2 rings (SSSR count). The van der Waals surface area contributed by atoms with E-state index in [0.29, 0.717) is 6.42 Å². The second-order valence-corrected chi connectivity index (χ2v) is 4.12. The summed E-state index contributed by atoms with van der Waals surface area (Å²) in [5.41, 5.74) is 3.61. The van der Waals surface area contributed by atoms with Gasteiger partial charge >= 0.3 is 0 Å². The van der Waals surface area contributed by atoms with Crippen molar-refractivity contribution in [3.05, 3.63) is 35.5 Å². The molecule has 0 aliphatic rings. The summed E-state index contributed by atoms with van der Waals surface area (Å²) in [5, 5.41) is 1.20. The molecule has 0 amide bonds. The lowest BCUT2D eigenvalue weighted by Crippen LogP contribution is -1.94. The quantitative estimate of drug-likeness (QED) is 0.732. The summed E-state index contributed by atoms with van der Waals surface area (Å²) in [6.07, 6.45) is 2.58. The van der Waals surface area contributed by atoms with E-state index in [1.807, 2.05) is 13.1 Å². The van der Waals surface area contributed by atoms with E-state index in [4.69, 9.17) is 0 Å². The van der Waals surface area contributed by atoms with Gasteiger partial charge < -0.3 is 4.57 Å². The topological polar surface area (TPSA) is 22.0 Å². The predicted octanol–water partition coefficient (Wildman–Crippen LogP) is 2.62. The number of carbonyl (C=O) groups excluding carboxylic acids is 1. The van der Waals surface area contributed by atoms with Crippen molar-refractivity contribution in [3.63, 3.8) is 0 Å². The van der Waals surface area contributed by atoms with Crippen molar-refractivity contribution in [1.29, 1.82) is 0 Å². The van der Waals surface area contributed by atoms with Gasteiger partial charge in [-0.05, 0) is 25.0 Å². The summed E-state index contributed by atoms with van der Waals surface area (Å²) in [6, 6.07) is 6.22. The zero-order chi connectivity index (χ0) is 11.0. The molecule has 0 saturated carbocycles. The number of ketones is 1. The number of aromatic nitrogens is 1. The fourth-order valence-corrected chi connectivity index (χ4v) is 2.16. The first-order valence-electron chi connectivity index (χ1n) is 5.12. The minimum atomic E-state index is 0.212. The van der Waals surface area contributed by atoms with Crippen LogP contribution in [0.5, 0.6) is 0 Å². The van der Waals surface area contributed by atoms with Crippen LogP contribution >= 0.6 is 0 Å². The van der Waals surface area contributed by atoms with Gasteiger partial charge in [-0.25, -0.2) is 0 Å². The molecule has 1 aromatic heterocycles. The Hall–Kier alpha value is -1.57. The number of benzene rings is 1. The van der Waals surface area contributed by atoms with Crippen molar-refractivity contribution >= 4 is 16.7 Å². The fourth-order valence-electron chi connectivity index (χ4n) is 2.16. The average Bonchev–Trinajstić information content (AvgIpc) is 2.44. The minimum absolute atomic E-state index is 0.212. The molecule has 0 radical (unpaired) electrons. The summed E-state index contributed by atoms with van der Waals surface area (Å²) in [5.74, 6) is 0.212. The maximum Gasteiger partial charge on any atom is 0.134 e. The van der Waals surface area contributed by atoms with E-state index in [2.05, 4.69) is 29.8 Å². The molecule has 1 heterocycles. The molecule has 2 heteroatoms. The van der Waals surface area contributed by atoms with E-state index in [-0.39, 0.29) is 5.78 Å². The highest BCUT2D eigenvalue weighted by Gasteiger charge is 2.09. The first-order chi connectivity index (χ1) is 7.09. The summed E-state index contributed by atoms with van der Waals surface area (Å²) in [4.78, 5) is 11.1. The van der Waals surface area contributed by atoms with Crippen molar-refractivity contribution in [1.82, 2.24) is 4.57 Å². The smallest absolute Gasteiger partial charge is 0.134 e. The zero-order valence-corrected chi connectivity index (χ0v) is 9.37. The highest BCUT2D eigenvalue weighted by atomic mass is 16.1. The fraction of sp³-hybridized carbons (Fsp3) is 0.308. The molecule has 15 heavy (non-hydrogen) atoms. The van der Waals surface area contributed by atoms with Crippen LogP contribution in [0.25, 0.3) is 10.9 Å². The van der Waals surface area contributed by atoms with Crippen molar-refractivity contribution < 1.29 is 4.79 Å². The average molecular weight is 201 g/mol. The molecule has 2 aromatic rings. The second kappa shape index (κ2) is 3.54. The van der Waals surface area contributed by atoms with Gasteiger partial charge in [-0.1, -0.05) is 18.2 Å². The SMILES string of the molecule is CC(=O)Cc1cn(C)c2c(C)cccc12. The van der Waals surface area contributed by atoms with E-state index in [1.54, 1.807) is 6.92 Å². The van der Waals surface area contributed by atoms with Gasteiger partial charge in [0.1, 0.15) is 5.78 Å². The lowest BCUT2D eigenvalue weighted by molar-refractivity contribution is -0.116. The van der Waals surface area contributed by atoms with Crippen molar-refractivity contribution in [3.8, 4) is 0 Å². The monoisotopic (exact) mass is 201 g/mol. The van der Waals surface area contributed by atoms with Gasteiger partial charge in [0, 0.05) is 25.1 Å². The molecule has 0 aliphatic heterocycles. The third-order valence-electron chi connectivity index (χ3n) is 2.73. The van der Waals surface area contributed by atoms with Gasteiger partial charge in [0.15, 0.2) is 0 Å². The number of rotatable bonds is 2. The number of Topliss-reactive ketones (excluding diaryl/α,β-unsaturated/α-hetero) is 1. The largest absolute Gasteiger partial charge is 0.350 e. The van der Waals surface area contributed by atoms with Crippen LogP contribution in [0.3, 0.4) is 0 Å². The Kier molecular flexibility index (Phi) is 2.35. The van der Waals surface area contributed by atoms with Gasteiger partial charge in [0.2, 0.25) is 0 Å². The Morgan fingerprint density at radius 3 is 2.80 bits per heavy atom. The van der Waals surface area contributed by atoms with Crippen molar-refractivity contribution in [2.45, 2.75) is 20.3 Å². The number of nitrogens with zero attached hydrogens (tertiary/aromatic N) is 1. The van der Waals surface area contributed by atoms with E-state index < -0.39 is 0 Å². The first-order valence-corrected chi connectivity index (χ1v) is 5.12. The van der Waals surface area contributed by atoms with Gasteiger partial charge in [-0.3, -0.25) is 4.79 Å². The molecule has 0 unspecified atom stereocenters. The lowest BCUT2D eigenvalue weighted by atomic mass is 10.1. The lowest BCUT2D eigenvalue weighted by Gasteiger charge is -1.99. The Bertz CT molecular complexity index is 523. The van der Waals surface area contributed by atoms with Crippen molar-refractivity contribution in [2.24, 2.45) is 7.05 Å². The first kappa shape index (κ1) is 9.97. The third-order valence-corrected chi connectivity index (χ3v) is 2.73. The van der Waals surface area contributed by atoms with E-state index in [0.717, 1.165) is 5.56 Å². The van der Waals surface area contributed by atoms with Gasteiger partial charge in [0.25, 0.3) is 0 Å². The number of hydrogen-bond acceptors (Lipinski definition) is 1. The standard InChI is InChI=1S/C13H15NO/c1-9-5-4-6-12-11(7-10(2)15)8-14(3)13(9)12/h4-6,8H,7H2,1-3H3. The van der Waals surface area contributed by atoms with Crippen LogP contribution in [0.4, 0.5) is 0 Å². The number of para-hydroxylation sites is 1. The summed E-state index contributed by atoms with van der Waals surface area (Å²) in [7, 11) is 2.03. The summed E-state index contributed by atoms with van der Waals surface area (Å²) < 4.78 is 2.10. The van der Waals surface area contributed by atoms with Gasteiger partial charge in [-0.15, -0.1) is 0 Å². The molecule has 0 aliphatic carbocycles. The van der Waals surface area contributed by atoms with Crippen LogP contribution in [0.15, 0.2) is 24.4 Å². The van der Waals surface area contributed by atoms with Crippen LogP contribution in [0.1, 0.15) is 18.1 Å². The van der Waals surface area contributed by atoms with Crippen molar-refractivity contribution in [2.75, 3.05) is 0 Å². The molecule has 78 valence electrons. The van der Waals surface area contributed by atoms with E-state index in [9.17, 15) is 4.79 Å². The zero-order valence-electron chi connectivity index (χ0n) is 9.37. The molecule has 0 spiro atoms. The Labute approximate surface area is 89.5 Å². The number of aryl methyl sites for hydroxylation is 2. The minimum Gasteiger partial charge on any atom is -0.350 e. The highest BCUT2D eigenvalue weighted by molar-refractivity contribution is 5.90. The molecule has 1 aromatic carbocycles. The molecule has 0 atom stereocenters. The number of hydrogen-bond donors (Lipinski definition) is 0. The Morgan fingerprint density at radius 2 is 2.13 bits per heavy atom. The summed E-state index contributed by atoms with van der Waals surface area (Å²) >= 11 is 0. The molecule has 0 N–H and O–H groups in total. The van der Waals surface area contributed by atoms with Crippen LogP contribution in [-0.2, 0) is 18.3 Å². The van der Waals surface area contributed by atoms with Gasteiger partial charge in [-0.2, -0.15) is 0 Å². The predicted molar refractivity (Wildman–Crippen MR) is 62.0 cm³/mol. The van der Waals surface area contributed by atoms with Crippen LogP contribution in [0.2, 0.25) is 0 Å². The Balaban J connectivity index is 2.68. The maximum absolute atomic E-state index is 11.1. The molecule has 2 nitrogen and oxygen atoms in total. The molecule has 0 fully saturated rings. The van der Waals surface area contributed by atoms with Crippen LogP contribution in [0, 0.1) is 6.92 Å². The molecular weight excluding hydrogens is 186 g/mol. The maximum atomic E-state index is 11.1. The number of carbonyl (C=O) groups is 1. The highest BCUT2D eigenvalue weighted by Crippen LogP contribution is 2.23. The normalized spacial score (nSPS) is 10.9. The van der Waals surface area contributed by atoms with Gasteiger partial charge in [0.05, 0.1) is 5.52 Å². The van der Waals surface area contributed by atoms with Crippen LogP contribution < -0.4 is 0 Å². The van der Waals surface area contributed by atoms with E-state index >= 15 is 0 Å². The van der Waals surface area contributed by atoms with E-state index in [1.165, 1.54) is 16.5 Å². The third kappa shape index (κ3) is 1.67. The summed E-state index contributed by atoms with van der Waals surface area (Å²) in [6.45, 7) is 3.73.